The molecule has 152 valence electrons. The summed E-state index contributed by atoms with van der Waals surface area (Å²) in [4.78, 5) is 12.4. The molecule has 3 aromatic rings. The van der Waals surface area contributed by atoms with E-state index < -0.39 is 12.3 Å². The van der Waals surface area contributed by atoms with Gasteiger partial charge in [-0.3, -0.25) is 9.89 Å². The molecule has 0 fully saturated rings. The summed E-state index contributed by atoms with van der Waals surface area (Å²) < 4.78 is 50.8. The third-order valence-corrected chi connectivity index (χ3v) is 3.85. The molecule has 0 aliphatic rings. The average molecular weight is 407 g/mol. The second-order valence-electron chi connectivity index (χ2n) is 5.76. The van der Waals surface area contributed by atoms with Crippen molar-refractivity contribution >= 4 is 11.6 Å². The Morgan fingerprint density at radius 2 is 1.69 bits per heavy atom. The van der Waals surface area contributed by atoms with E-state index in [1.54, 1.807) is 18.2 Å². The summed E-state index contributed by atoms with van der Waals surface area (Å²) in [5.74, 6) is 0.228. The lowest BCUT2D eigenvalue weighted by Gasteiger charge is -2.09. The van der Waals surface area contributed by atoms with Gasteiger partial charge in [0.05, 0.1) is 19.9 Å². The summed E-state index contributed by atoms with van der Waals surface area (Å²) in [5, 5.41) is 9.30. The first-order valence-corrected chi connectivity index (χ1v) is 8.24. The van der Waals surface area contributed by atoms with E-state index in [0.717, 1.165) is 12.1 Å². The van der Waals surface area contributed by atoms with Crippen LogP contribution in [0.2, 0.25) is 0 Å². The van der Waals surface area contributed by atoms with Crippen LogP contribution >= 0.6 is 0 Å². The molecule has 0 spiro atoms. The Balaban J connectivity index is 1.73. The van der Waals surface area contributed by atoms with Gasteiger partial charge >= 0.3 is 6.36 Å². The second kappa shape index (κ2) is 8.13. The molecule has 0 radical (unpaired) electrons. The highest BCUT2D eigenvalue weighted by Gasteiger charge is 2.31. The molecule has 0 unspecified atom stereocenters. The van der Waals surface area contributed by atoms with Crippen molar-refractivity contribution in [3.63, 3.8) is 0 Å². The summed E-state index contributed by atoms with van der Waals surface area (Å²) >= 11 is 0. The number of amides is 1. The van der Waals surface area contributed by atoms with Crippen LogP contribution in [-0.2, 0) is 0 Å². The number of nitrogens with zero attached hydrogens (tertiary/aromatic N) is 1. The lowest BCUT2D eigenvalue weighted by molar-refractivity contribution is -0.274. The first-order chi connectivity index (χ1) is 13.8. The smallest absolute Gasteiger partial charge is 0.497 e. The average Bonchev–Trinajstić information content (AvgIpc) is 3.18. The zero-order valence-corrected chi connectivity index (χ0v) is 15.3. The number of H-pyrrole nitrogens is 1. The molecule has 3 rings (SSSR count). The molecule has 0 aliphatic heterocycles. The van der Waals surface area contributed by atoms with Crippen molar-refractivity contribution in [1.82, 2.24) is 10.2 Å². The minimum Gasteiger partial charge on any atom is -0.497 e. The molecule has 10 heteroatoms. The van der Waals surface area contributed by atoms with Gasteiger partial charge in [0, 0.05) is 17.3 Å². The normalized spacial score (nSPS) is 11.1. The minimum atomic E-state index is -4.78. The SMILES string of the molecule is COc1ccc(-c2cc(C(=O)Nc3ccc(OC(F)(F)F)cc3)[nH]n2)c(OC)c1. The van der Waals surface area contributed by atoms with Gasteiger partial charge in [0.2, 0.25) is 0 Å². The standard InChI is InChI=1S/C19H16F3N3O4/c1-27-13-7-8-14(17(9-13)28-2)15-10-16(25-24-15)18(26)23-11-3-5-12(6-4-11)29-19(20,21)22/h3-10H,1-2H3,(H,23,26)(H,24,25). The van der Waals surface area contributed by atoms with E-state index in [2.05, 4.69) is 20.3 Å². The third-order valence-electron chi connectivity index (χ3n) is 3.85. The van der Waals surface area contributed by atoms with E-state index >= 15 is 0 Å². The maximum absolute atomic E-state index is 12.4. The summed E-state index contributed by atoms with van der Waals surface area (Å²) in [6.45, 7) is 0. The van der Waals surface area contributed by atoms with E-state index in [9.17, 15) is 18.0 Å². The molecular weight excluding hydrogens is 391 g/mol. The van der Waals surface area contributed by atoms with Crippen molar-refractivity contribution in [2.75, 3.05) is 19.5 Å². The zero-order chi connectivity index (χ0) is 21.0. The fraction of sp³-hybridized carbons (Fsp3) is 0.158. The summed E-state index contributed by atoms with van der Waals surface area (Å²) in [5.41, 5.74) is 1.58. The number of alkyl halides is 3. The number of carbonyl (C=O) groups excluding carboxylic acids is 1. The van der Waals surface area contributed by atoms with Crippen LogP contribution in [0.3, 0.4) is 0 Å². The Hall–Kier alpha value is -3.69. The highest BCUT2D eigenvalue weighted by Crippen LogP contribution is 2.32. The number of nitrogens with one attached hydrogen (secondary N) is 2. The summed E-state index contributed by atoms with van der Waals surface area (Å²) in [6, 6.07) is 11.5. The largest absolute Gasteiger partial charge is 0.573 e. The maximum Gasteiger partial charge on any atom is 0.573 e. The number of carbonyl (C=O) groups is 1. The number of anilines is 1. The fourth-order valence-electron chi connectivity index (χ4n) is 2.52. The highest BCUT2D eigenvalue weighted by molar-refractivity contribution is 6.03. The molecule has 1 amide bonds. The Morgan fingerprint density at radius 3 is 2.31 bits per heavy atom. The minimum absolute atomic E-state index is 0.161. The molecule has 0 aliphatic carbocycles. The van der Waals surface area contributed by atoms with Crippen LogP contribution < -0.4 is 19.5 Å². The van der Waals surface area contributed by atoms with Gasteiger partial charge in [-0.2, -0.15) is 5.10 Å². The molecule has 2 N–H and O–H groups in total. The second-order valence-corrected chi connectivity index (χ2v) is 5.76. The quantitative estimate of drug-likeness (QED) is 0.638. The summed E-state index contributed by atoms with van der Waals surface area (Å²) in [7, 11) is 3.04. The van der Waals surface area contributed by atoms with E-state index in [4.69, 9.17) is 9.47 Å². The lowest BCUT2D eigenvalue weighted by atomic mass is 10.1. The number of benzene rings is 2. The van der Waals surface area contributed by atoms with Crippen molar-refractivity contribution in [2.24, 2.45) is 0 Å². The first-order valence-electron chi connectivity index (χ1n) is 8.24. The van der Waals surface area contributed by atoms with Crippen LogP contribution in [-0.4, -0.2) is 36.7 Å². The number of hydrogen-bond donors (Lipinski definition) is 2. The van der Waals surface area contributed by atoms with Crippen molar-refractivity contribution in [3.8, 4) is 28.5 Å². The number of aromatic amines is 1. The van der Waals surface area contributed by atoms with E-state index in [-0.39, 0.29) is 11.4 Å². The molecule has 1 heterocycles. The van der Waals surface area contributed by atoms with Gasteiger partial charge < -0.3 is 19.5 Å². The fourth-order valence-corrected chi connectivity index (χ4v) is 2.52. The van der Waals surface area contributed by atoms with E-state index in [0.29, 0.717) is 28.4 Å². The number of methoxy groups -OCH3 is 2. The van der Waals surface area contributed by atoms with Crippen LogP contribution in [0.5, 0.6) is 17.2 Å². The highest BCUT2D eigenvalue weighted by atomic mass is 19.4. The number of rotatable bonds is 6. The topological polar surface area (TPSA) is 85.5 Å². The lowest BCUT2D eigenvalue weighted by Crippen LogP contribution is -2.17. The van der Waals surface area contributed by atoms with Crippen molar-refractivity contribution in [3.05, 3.63) is 54.2 Å². The number of halogens is 3. The molecular formula is C19H16F3N3O4. The van der Waals surface area contributed by atoms with Crippen LogP contribution in [0.4, 0.5) is 18.9 Å². The van der Waals surface area contributed by atoms with Gasteiger partial charge in [-0.25, -0.2) is 0 Å². The Labute approximate surface area is 163 Å². The van der Waals surface area contributed by atoms with Gasteiger partial charge in [0.1, 0.15) is 22.9 Å². The van der Waals surface area contributed by atoms with Crippen LogP contribution in [0.25, 0.3) is 11.3 Å². The molecule has 0 saturated heterocycles. The zero-order valence-electron chi connectivity index (χ0n) is 15.3. The molecule has 0 bridgehead atoms. The first kappa shape index (κ1) is 20.1. The Bertz CT molecular complexity index is 1000. The molecule has 0 atom stereocenters. The van der Waals surface area contributed by atoms with Gasteiger partial charge in [0.25, 0.3) is 5.91 Å². The van der Waals surface area contributed by atoms with Crippen molar-refractivity contribution in [1.29, 1.82) is 0 Å². The Morgan fingerprint density at radius 1 is 1.00 bits per heavy atom. The predicted octanol–water partition coefficient (Wildman–Crippen LogP) is 4.24. The van der Waals surface area contributed by atoms with Crippen molar-refractivity contribution < 1.29 is 32.2 Å². The number of hydrogen-bond acceptors (Lipinski definition) is 5. The van der Waals surface area contributed by atoms with Crippen LogP contribution in [0.1, 0.15) is 10.5 Å². The van der Waals surface area contributed by atoms with Crippen LogP contribution in [0, 0.1) is 0 Å². The molecule has 29 heavy (non-hydrogen) atoms. The monoisotopic (exact) mass is 407 g/mol. The van der Waals surface area contributed by atoms with Gasteiger partial charge in [-0.15, -0.1) is 13.2 Å². The van der Waals surface area contributed by atoms with Gasteiger partial charge in [-0.1, -0.05) is 0 Å². The molecule has 7 nitrogen and oxygen atoms in total. The van der Waals surface area contributed by atoms with Crippen molar-refractivity contribution in [2.45, 2.75) is 6.36 Å². The maximum atomic E-state index is 12.4. The van der Waals surface area contributed by atoms with Gasteiger partial charge in [0.15, 0.2) is 0 Å². The van der Waals surface area contributed by atoms with Crippen LogP contribution in [0.15, 0.2) is 48.5 Å². The Kier molecular flexibility index (Phi) is 5.62. The molecule has 2 aromatic carbocycles. The summed E-state index contributed by atoms with van der Waals surface area (Å²) in [6.07, 6.45) is -4.78. The third kappa shape index (κ3) is 4.98. The molecule has 1 aromatic heterocycles. The van der Waals surface area contributed by atoms with E-state index in [1.807, 2.05) is 0 Å². The van der Waals surface area contributed by atoms with Gasteiger partial charge in [-0.05, 0) is 42.5 Å². The number of ether oxygens (including phenoxy) is 3. The van der Waals surface area contributed by atoms with E-state index in [1.165, 1.54) is 32.4 Å². The molecule has 0 saturated carbocycles. The predicted molar refractivity (Wildman–Crippen MR) is 98.2 cm³/mol. The number of aromatic nitrogens is 2.